The van der Waals surface area contributed by atoms with Gasteiger partial charge in [0.1, 0.15) is 5.82 Å². The summed E-state index contributed by atoms with van der Waals surface area (Å²) in [5, 5.41) is 1.82. The Labute approximate surface area is 167 Å². The van der Waals surface area contributed by atoms with Gasteiger partial charge in [0.15, 0.2) is 0 Å². The molecule has 4 aromatic rings. The second-order valence-corrected chi connectivity index (χ2v) is 8.93. The number of sulfonamides is 1. The fourth-order valence-electron chi connectivity index (χ4n) is 2.89. The Morgan fingerprint density at radius 1 is 0.931 bits per heavy atom. The summed E-state index contributed by atoms with van der Waals surface area (Å²) in [5.41, 5.74) is -0.618. The van der Waals surface area contributed by atoms with E-state index in [2.05, 4.69) is 14.7 Å². The summed E-state index contributed by atoms with van der Waals surface area (Å²) in [6.07, 6.45) is 0. The van der Waals surface area contributed by atoms with E-state index in [1.807, 2.05) is 5.38 Å². The molecule has 2 heterocycles. The zero-order valence-corrected chi connectivity index (χ0v) is 16.3. The molecule has 1 atom stereocenters. The lowest BCUT2D eigenvalue weighted by Crippen LogP contribution is -2.30. The molecule has 0 aliphatic carbocycles. The van der Waals surface area contributed by atoms with Crippen LogP contribution in [0, 0.1) is 5.82 Å². The van der Waals surface area contributed by atoms with Crippen LogP contribution in [0.2, 0.25) is 0 Å². The molecule has 3 N–H and O–H groups in total. The van der Waals surface area contributed by atoms with E-state index in [1.165, 1.54) is 53.8 Å². The van der Waals surface area contributed by atoms with Crippen molar-refractivity contribution in [2.75, 3.05) is 0 Å². The average Bonchev–Trinajstić information content (AvgIpc) is 3.22. The minimum absolute atomic E-state index is 0.0867. The summed E-state index contributed by atoms with van der Waals surface area (Å²) in [7, 11) is -4.01. The topological polar surface area (TPSA) is 112 Å². The van der Waals surface area contributed by atoms with Gasteiger partial charge in [-0.3, -0.25) is 9.59 Å². The predicted molar refractivity (Wildman–Crippen MR) is 108 cm³/mol. The first-order chi connectivity index (χ1) is 13.8. The van der Waals surface area contributed by atoms with Gasteiger partial charge in [-0.15, -0.1) is 11.3 Å². The highest BCUT2D eigenvalue weighted by molar-refractivity contribution is 7.89. The maximum Gasteiger partial charge on any atom is 0.314 e. The van der Waals surface area contributed by atoms with Crippen molar-refractivity contribution < 1.29 is 12.8 Å². The molecule has 2 aromatic carbocycles. The molecule has 1 unspecified atom stereocenters. The van der Waals surface area contributed by atoms with Gasteiger partial charge in [-0.1, -0.05) is 18.2 Å². The van der Waals surface area contributed by atoms with E-state index in [-0.39, 0.29) is 10.4 Å². The average molecular weight is 431 g/mol. The normalized spacial score (nSPS) is 12.9. The number of H-pyrrole nitrogens is 2. The molecule has 29 heavy (non-hydrogen) atoms. The highest BCUT2D eigenvalue weighted by Crippen LogP contribution is 2.28. The van der Waals surface area contributed by atoms with Gasteiger partial charge in [0.25, 0.3) is 0 Å². The van der Waals surface area contributed by atoms with E-state index in [0.717, 1.165) is 4.88 Å². The van der Waals surface area contributed by atoms with Crippen molar-refractivity contribution in [2.24, 2.45) is 0 Å². The van der Waals surface area contributed by atoms with Crippen LogP contribution in [0.4, 0.5) is 4.39 Å². The maximum atomic E-state index is 13.3. The third-order valence-corrected chi connectivity index (χ3v) is 6.67. The van der Waals surface area contributed by atoms with Crippen LogP contribution in [0.25, 0.3) is 11.0 Å². The van der Waals surface area contributed by atoms with Crippen LogP contribution in [-0.4, -0.2) is 18.4 Å². The van der Waals surface area contributed by atoms with E-state index in [9.17, 15) is 22.4 Å². The SMILES string of the molecule is O=c1[nH]c2ccc(S(=O)(=O)NC(c3ccc(F)cc3)c3cccs3)cc2[nH]c1=O. The Balaban J connectivity index is 1.76. The molecule has 4 rings (SSSR count). The fraction of sp³-hybridized carbons (Fsp3) is 0.0526. The Morgan fingerprint density at radius 3 is 2.28 bits per heavy atom. The first-order valence-corrected chi connectivity index (χ1v) is 10.8. The minimum atomic E-state index is -4.01. The molecule has 0 saturated heterocycles. The van der Waals surface area contributed by atoms with Crippen molar-refractivity contribution in [1.29, 1.82) is 0 Å². The summed E-state index contributed by atoms with van der Waals surface area (Å²) >= 11 is 1.36. The van der Waals surface area contributed by atoms with Crippen LogP contribution in [-0.2, 0) is 10.0 Å². The quantitative estimate of drug-likeness (QED) is 0.422. The molecule has 0 spiro atoms. The number of rotatable bonds is 5. The molecule has 0 aliphatic rings. The van der Waals surface area contributed by atoms with Crippen molar-refractivity contribution in [3.05, 3.63) is 96.9 Å². The monoisotopic (exact) mass is 431 g/mol. The molecule has 0 amide bonds. The molecule has 7 nitrogen and oxygen atoms in total. The number of fused-ring (bicyclic) bond motifs is 1. The highest BCUT2D eigenvalue weighted by atomic mass is 32.2. The Bertz CT molecular complexity index is 1390. The summed E-state index contributed by atoms with van der Waals surface area (Å²) in [5.74, 6) is -0.422. The number of nitrogens with one attached hydrogen (secondary N) is 3. The molecule has 0 bridgehead atoms. The smallest absolute Gasteiger partial charge is 0.314 e. The lowest BCUT2D eigenvalue weighted by Gasteiger charge is -2.18. The van der Waals surface area contributed by atoms with E-state index in [0.29, 0.717) is 11.1 Å². The second-order valence-electron chi connectivity index (χ2n) is 6.24. The second kappa shape index (κ2) is 7.39. The first-order valence-electron chi connectivity index (χ1n) is 8.41. The Morgan fingerprint density at radius 2 is 1.62 bits per heavy atom. The number of aromatic amines is 2. The molecule has 0 fully saturated rings. The van der Waals surface area contributed by atoms with E-state index in [4.69, 9.17) is 0 Å². The summed E-state index contributed by atoms with van der Waals surface area (Å²) in [4.78, 5) is 28.4. The van der Waals surface area contributed by atoms with Gasteiger partial charge in [0.05, 0.1) is 22.0 Å². The van der Waals surface area contributed by atoms with E-state index < -0.39 is 33.0 Å². The van der Waals surface area contributed by atoms with Crippen molar-refractivity contribution in [3.63, 3.8) is 0 Å². The molecule has 0 aliphatic heterocycles. The lowest BCUT2D eigenvalue weighted by molar-refractivity contribution is 0.573. The number of hydrogen-bond acceptors (Lipinski definition) is 5. The van der Waals surface area contributed by atoms with Gasteiger partial charge >= 0.3 is 11.1 Å². The third kappa shape index (κ3) is 3.90. The molecule has 0 radical (unpaired) electrons. The first kappa shape index (κ1) is 19.2. The lowest BCUT2D eigenvalue weighted by atomic mass is 10.1. The summed E-state index contributed by atoms with van der Waals surface area (Å²) in [6.45, 7) is 0. The molecule has 148 valence electrons. The molecule has 2 aromatic heterocycles. The van der Waals surface area contributed by atoms with Crippen LogP contribution in [0.1, 0.15) is 16.5 Å². The van der Waals surface area contributed by atoms with Crippen molar-refractivity contribution >= 4 is 32.4 Å². The molecular formula is C19H14FN3O4S2. The number of benzene rings is 2. The zero-order chi connectivity index (χ0) is 20.6. The van der Waals surface area contributed by atoms with Crippen molar-refractivity contribution in [1.82, 2.24) is 14.7 Å². The van der Waals surface area contributed by atoms with Gasteiger partial charge in [-0.05, 0) is 47.3 Å². The van der Waals surface area contributed by atoms with Crippen LogP contribution >= 0.6 is 11.3 Å². The number of hydrogen-bond donors (Lipinski definition) is 3. The van der Waals surface area contributed by atoms with E-state index >= 15 is 0 Å². The largest absolute Gasteiger partial charge is 0.316 e. The number of halogens is 1. The van der Waals surface area contributed by atoms with Gasteiger partial charge in [0.2, 0.25) is 10.0 Å². The summed E-state index contributed by atoms with van der Waals surface area (Å²) < 4.78 is 42.0. The van der Waals surface area contributed by atoms with Crippen LogP contribution in [0.5, 0.6) is 0 Å². The Kier molecular flexibility index (Phi) is 4.91. The maximum absolute atomic E-state index is 13.3. The summed E-state index contributed by atoms with van der Waals surface area (Å²) in [6, 6.07) is 12.4. The van der Waals surface area contributed by atoms with Crippen LogP contribution in [0.15, 0.2) is 74.5 Å². The highest BCUT2D eigenvalue weighted by Gasteiger charge is 2.24. The fourth-order valence-corrected chi connectivity index (χ4v) is 4.99. The van der Waals surface area contributed by atoms with Gasteiger partial charge < -0.3 is 9.97 Å². The zero-order valence-electron chi connectivity index (χ0n) is 14.7. The molecule has 10 heteroatoms. The van der Waals surface area contributed by atoms with E-state index in [1.54, 1.807) is 12.1 Å². The minimum Gasteiger partial charge on any atom is -0.316 e. The predicted octanol–water partition coefficient (Wildman–Crippen LogP) is 2.48. The van der Waals surface area contributed by atoms with Crippen molar-refractivity contribution in [3.8, 4) is 0 Å². The third-order valence-electron chi connectivity index (χ3n) is 4.31. The van der Waals surface area contributed by atoms with Crippen molar-refractivity contribution in [2.45, 2.75) is 10.9 Å². The van der Waals surface area contributed by atoms with Gasteiger partial charge in [0, 0.05) is 4.88 Å². The number of thiophene rings is 1. The van der Waals surface area contributed by atoms with Gasteiger partial charge in [-0.2, -0.15) is 4.72 Å². The van der Waals surface area contributed by atoms with Crippen LogP contribution in [0.3, 0.4) is 0 Å². The molecular weight excluding hydrogens is 417 g/mol. The molecule has 0 saturated carbocycles. The van der Waals surface area contributed by atoms with Gasteiger partial charge in [-0.25, -0.2) is 12.8 Å². The number of aromatic nitrogens is 2. The Hall–Kier alpha value is -3.08. The van der Waals surface area contributed by atoms with Crippen LogP contribution < -0.4 is 15.8 Å². The standard InChI is InChI=1S/C19H14FN3O4S2/c20-12-5-3-11(4-6-12)17(16-2-1-9-28-16)23-29(26,27)13-7-8-14-15(10-13)22-19(25)18(24)21-14/h1-10,17,23H,(H,21,24)(H,22,25).